The molecule has 0 aromatic heterocycles. The van der Waals surface area contributed by atoms with Crippen LogP contribution in [0, 0.1) is 5.92 Å². The molecule has 1 aliphatic rings. The van der Waals surface area contributed by atoms with Crippen molar-refractivity contribution in [3.8, 4) is 0 Å². The van der Waals surface area contributed by atoms with Crippen LogP contribution in [0.4, 0.5) is 0 Å². The maximum absolute atomic E-state index is 5.54. The molecular weight excluding hydrogens is 148 g/mol. The fourth-order valence-corrected chi connectivity index (χ4v) is 1.47. The van der Waals surface area contributed by atoms with Crippen molar-refractivity contribution in [3.63, 3.8) is 0 Å². The highest BCUT2D eigenvalue weighted by atomic mass is 15.1. The van der Waals surface area contributed by atoms with Gasteiger partial charge < -0.3 is 10.6 Å². The van der Waals surface area contributed by atoms with Crippen LogP contribution in [-0.2, 0) is 0 Å². The van der Waals surface area contributed by atoms with Crippen molar-refractivity contribution in [3.05, 3.63) is 0 Å². The zero-order valence-corrected chi connectivity index (χ0v) is 8.84. The molecule has 1 fully saturated rings. The zero-order valence-electron chi connectivity index (χ0n) is 8.84. The van der Waals surface area contributed by atoms with Crippen molar-refractivity contribution < 1.29 is 0 Å². The Balaban J connectivity index is 0.000000354. The molecule has 12 heavy (non-hydrogen) atoms. The SMILES string of the molecule is CCC.CN1CCCC(CN)C1. The van der Waals surface area contributed by atoms with Crippen molar-refractivity contribution in [1.29, 1.82) is 0 Å². The highest BCUT2D eigenvalue weighted by molar-refractivity contribution is 4.70. The Morgan fingerprint density at radius 1 is 1.42 bits per heavy atom. The summed E-state index contributed by atoms with van der Waals surface area (Å²) < 4.78 is 0. The summed E-state index contributed by atoms with van der Waals surface area (Å²) in [4.78, 5) is 2.36. The smallest absolute Gasteiger partial charge is 0.00187 e. The number of hydrogen-bond acceptors (Lipinski definition) is 2. The molecule has 1 unspecified atom stereocenters. The molecule has 0 aromatic rings. The van der Waals surface area contributed by atoms with Crippen LogP contribution in [0.5, 0.6) is 0 Å². The number of piperidine rings is 1. The van der Waals surface area contributed by atoms with E-state index in [0.29, 0.717) is 0 Å². The van der Waals surface area contributed by atoms with E-state index in [9.17, 15) is 0 Å². The minimum atomic E-state index is 0.767. The monoisotopic (exact) mass is 172 g/mol. The van der Waals surface area contributed by atoms with Crippen molar-refractivity contribution in [2.45, 2.75) is 33.1 Å². The van der Waals surface area contributed by atoms with Gasteiger partial charge in [-0.15, -0.1) is 0 Å². The first-order valence-electron chi connectivity index (χ1n) is 5.13. The summed E-state index contributed by atoms with van der Waals surface area (Å²) in [5.74, 6) is 0.767. The van der Waals surface area contributed by atoms with Crippen molar-refractivity contribution in [2.24, 2.45) is 11.7 Å². The second-order valence-electron chi connectivity index (χ2n) is 3.71. The standard InChI is InChI=1S/C7H16N2.C3H8/c1-9-4-2-3-7(5-8)6-9;1-3-2/h7H,2-6,8H2,1H3;3H2,1-2H3. The largest absolute Gasteiger partial charge is 0.330 e. The lowest BCUT2D eigenvalue weighted by molar-refractivity contribution is 0.214. The number of rotatable bonds is 1. The first-order chi connectivity index (χ1) is 5.74. The third kappa shape index (κ3) is 5.56. The number of nitrogens with two attached hydrogens (primary N) is 1. The summed E-state index contributed by atoms with van der Waals surface area (Å²) in [6.07, 6.45) is 3.92. The van der Waals surface area contributed by atoms with Gasteiger partial charge in [0, 0.05) is 6.54 Å². The molecule has 1 heterocycles. The molecule has 74 valence electrons. The summed E-state index contributed by atoms with van der Waals surface area (Å²) in [6, 6.07) is 0. The summed E-state index contributed by atoms with van der Waals surface area (Å²) in [5, 5.41) is 0. The van der Waals surface area contributed by atoms with E-state index in [4.69, 9.17) is 5.73 Å². The van der Waals surface area contributed by atoms with E-state index in [-0.39, 0.29) is 0 Å². The van der Waals surface area contributed by atoms with Gasteiger partial charge in [-0.3, -0.25) is 0 Å². The van der Waals surface area contributed by atoms with Crippen LogP contribution in [0.15, 0.2) is 0 Å². The average Bonchev–Trinajstić information content (AvgIpc) is 2.06. The Kier molecular flexibility index (Phi) is 7.51. The predicted molar refractivity (Wildman–Crippen MR) is 55.2 cm³/mol. The number of nitrogens with zero attached hydrogens (tertiary/aromatic N) is 1. The summed E-state index contributed by atoms with van der Waals surface area (Å²) in [7, 11) is 2.17. The van der Waals surface area contributed by atoms with Crippen molar-refractivity contribution in [2.75, 3.05) is 26.7 Å². The Bertz CT molecular complexity index is 93.8. The van der Waals surface area contributed by atoms with Crippen LogP contribution in [0.3, 0.4) is 0 Å². The molecule has 0 spiro atoms. The Hall–Kier alpha value is -0.0800. The van der Waals surface area contributed by atoms with Crippen molar-refractivity contribution >= 4 is 0 Å². The molecule has 1 aliphatic heterocycles. The van der Waals surface area contributed by atoms with E-state index in [1.54, 1.807) is 0 Å². The van der Waals surface area contributed by atoms with Crippen molar-refractivity contribution in [1.82, 2.24) is 4.90 Å². The fraction of sp³-hybridized carbons (Fsp3) is 1.00. The van der Waals surface area contributed by atoms with Crippen LogP contribution < -0.4 is 5.73 Å². The number of hydrogen-bond donors (Lipinski definition) is 1. The Morgan fingerprint density at radius 3 is 2.33 bits per heavy atom. The molecule has 2 nitrogen and oxygen atoms in total. The van der Waals surface area contributed by atoms with Gasteiger partial charge in [-0.1, -0.05) is 20.3 Å². The van der Waals surface area contributed by atoms with Crippen LogP contribution >= 0.6 is 0 Å². The van der Waals surface area contributed by atoms with Gasteiger partial charge >= 0.3 is 0 Å². The summed E-state index contributed by atoms with van der Waals surface area (Å²) >= 11 is 0. The third-order valence-corrected chi connectivity index (χ3v) is 2.06. The van der Waals surface area contributed by atoms with Gasteiger partial charge in [0.25, 0.3) is 0 Å². The topological polar surface area (TPSA) is 29.3 Å². The van der Waals surface area contributed by atoms with Gasteiger partial charge in [0.05, 0.1) is 0 Å². The maximum atomic E-state index is 5.54. The molecule has 2 N–H and O–H groups in total. The quantitative estimate of drug-likeness (QED) is 0.652. The van der Waals surface area contributed by atoms with E-state index in [0.717, 1.165) is 12.5 Å². The summed E-state index contributed by atoms with van der Waals surface area (Å²) in [6.45, 7) is 7.58. The first kappa shape index (κ1) is 11.9. The first-order valence-corrected chi connectivity index (χ1v) is 5.13. The summed E-state index contributed by atoms with van der Waals surface area (Å²) in [5.41, 5.74) is 5.54. The molecule has 2 heteroatoms. The van der Waals surface area contributed by atoms with Gasteiger partial charge in [-0.2, -0.15) is 0 Å². The molecule has 0 bridgehead atoms. The van der Waals surface area contributed by atoms with E-state index in [1.807, 2.05) is 0 Å². The molecule has 0 saturated carbocycles. The molecule has 0 amide bonds. The van der Waals surface area contributed by atoms with Crippen LogP contribution in [0.1, 0.15) is 33.1 Å². The molecule has 1 atom stereocenters. The second-order valence-corrected chi connectivity index (χ2v) is 3.71. The minimum absolute atomic E-state index is 0.767. The average molecular weight is 172 g/mol. The van der Waals surface area contributed by atoms with E-state index >= 15 is 0 Å². The van der Waals surface area contributed by atoms with E-state index in [2.05, 4.69) is 25.8 Å². The fourth-order valence-electron chi connectivity index (χ4n) is 1.47. The van der Waals surface area contributed by atoms with Gasteiger partial charge in [-0.25, -0.2) is 0 Å². The Labute approximate surface area is 77.1 Å². The maximum Gasteiger partial charge on any atom is 0.00187 e. The second kappa shape index (κ2) is 7.56. The number of likely N-dealkylation sites (tertiary alicyclic amines) is 1. The van der Waals surface area contributed by atoms with Crippen LogP contribution in [-0.4, -0.2) is 31.6 Å². The molecule has 0 aromatic carbocycles. The molecule has 1 saturated heterocycles. The molecule has 0 radical (unpaired) electrons. The zero-order chi connectivity index (χ0) is 9.40. The molecular formula is C10H24N2. The lowest BCUT2D eigenvalue weighted by atomic mass is 9.99. The predicted octanol–water partition coefficient (Wildman–Crippen LogP) is 1.70. The van der Waals surface area contributed by atoms with Gasteiger partial charge in [0.2, 0.25) is 0 Å². The van der Waals surface area contributed by atoms with Gasteiger partial charge in [0.1, 0.15) is 0 Å². The lowest BCUT2D eigenvalue weighted by Gasteiger charge is -2.28. The highest BCUT2D eigenvalue weighted by Crippen LogP contribution is 2.12. The normalized spacial score (nSPS) is 24.5. The molecule has 1 rings (SSSR count). The van der Waals surface area contributed by atoms with Gasteiger partial charge in [-0.05, 0) is 38.9 Å². The Morgan fingerprint density at radius 2 is 2.00 bits per heavy atom. The van der Waals surface area contributed by atoms with Crippen LogP contribution in [0.2, 0.25) is 0 Å². The van der Waals surface area contributed by atoms with Gasteiger partial charge in [0.15, 0.2) is 0 Å². The molecule has 0 aliphatic carbocycles. The minimum Gasteiger partial charge on any atom is -0.330 e. The lowest BCUT2D eigenvalue weighted by Crippen LogP contribution is -2.35. The van der Waals surface area contributed by atoms with E-state index in [1.165, 1.54) is 32.4 Å². The third-order valence-electron chi connectivity index (χ3n) is 2.06. The van der Waals surface area contributed by atoms with Crippen LogP contribution in [0.25, 0.3) is 0 Å². The van der Waals surface area contributed by atoms with E-state index < -0.39 is 0 Å². The highest BCUT2D eigenvalue weighted by Gasteiger charge is 2.14.